The number of aromatic hydroxyl groups is 1. The van der Waals surface area contributed by atoms with E-state index in [9.17, 15) is 9.50 Å². The third kappa shape index (κ3) is 5.03. The van der Waals surface area contributed by atoms with Gasteiger partial charge in [0.2, 0.25) is 0 Å². The lowest BCUT2D eigenvalue weighted by Gasteiger charge is -2.16. The Labute approximate surface area is 164 Å². The second-order valence-corrected chi connectivity index (χ2v) is 7.62. The SMILES string of the molecule is CC(C)c1cc(Cc2c(Cl)cc(OCCN(C)C)c(F)c2Cl)ccc1O. The van der Waals surface area contributed by atoms with Crippen molar-refractivity contribution in [2.75, 3.05) is 27.2 Å². The van der Waals surface area contributed by atoms with Crippen LogP contribution in [0.5, 0.6) is 11.5 Å². The molecule has 0 fully saturated rings. The van der Waals surface area contributed by atoms with Gasteiger partial charge in [0.25, 0.3) is 0 Å². The summed E-state index contributed by atoms with van der Waals surface area (Å²) in [6.07, 6.45) is 0.368. The molecule has 142 valence electrons. The molecule has 0 saturated carbocycles. The van der Waals surface area contributed by atoms with Gasteiger partial charge in [0, 0.05) is 24.1 Å². The first-order valence-corrected chi connectivity index (χ1v) is 9.22. The van der Waals surface area contributed by atoms with Gasteiger partial charge in [-0.05, 0) is 42.8 Å². The van der Waals surface area contributed by atoms with E-state index in [1.807, 2.05) is 38.9 Å². The zero-order valence-corrected chi connectivity index (χ0v) is 17.0. The molecule has 0 unspecified atom stereocenters. The molecule has 2 aromatic rings. The molecule has 0 aliphatic rings. The van der Waals surface area contributed by atoms with Crippen LogP contribution >= 0.6 is 23.2 Å². The van der Waals surface area contributed by atoms with E-state index in [0.717, 1.165) is 11.1 Å². The highest BCUT2D eigenvalue weighted by molar-refractivity contribution is 6.36. The predicted octanol–water partition coefficient (Wildman–Crippen LogP) is 5.49. The normalized spacial score (nSPS) is 11.4. The monoisotopic (exact) mass is 399 g/mol. The molecule has 0 atom stereocenters. The van der Waals surface area contributed by atoms with Crippen molar-refractivity contribution >= 4 is 23.2 Å². The molecule has 0 aliphatic heterocycles. The number of benzene rings is 2. The number of nitrogens with zero attached hydrogens (tertiary/aromatic N) is 1. The van der Waals surface area contributed by atoms with Crippen LogP contribution in [0.1, 0.15) is 36.5 Å². The van der Waals surface area contributed by atoms with Gasteiger partial charge >= 0.3 is 0 Å². The summed E-state index contributed by atoms with van der Waals surface area (Å²) in [5.74, 6) is -0.131. The fraction of sp³-hybridized carbons (Fsp3) is 0.400. The average molecular weight is 400 g/mol. The molecule has 0 spiro atoms. The number of phenols is 1. The van der Waals surface area contributed by atoms with E-state index in [4.69, 9.17) is 27.9 Å². The first kappa shape index (κ1) is 20.8. The molecular weight excluding hydrogens is 376 g/mol. The summed E-state index contributed by atoms with van der Waals surface area (Å²) in [5, 5.41) is 10.3. The van der Waals surface area contributed by atoms with E-state index in [0.29, 0.717) is 30.2 Å². The summed E-state index contributed by atoms with van der Waals surface area (Å²) < 4.78 is 20.0. The van der Waals surface area contributed by atoms with Crippen LogP contribution in [0.25, 0.3) is 0 Å². The maximum absolute atomic E-state index is 14.6. The van der Waals surface area contributed by atoms with Crippen LogP contribution in [0.2, 0.25) is 10.0 Å². The topological polar surface area (TPSA) is 32.7 Å². The van der Waals surface area contributed by atoms with E-state index in [2.05, 4.69) is 0 Å². The van der Waals surface area contributed by atoms with Crippen LogP contribution < -0.4 is 4.74 Å². The molecule has 26 heavy (non-hydrogen) atoms. The predicted molar refractivity (Wildman–Crippen MR) is 105 cm³/mol. The van der Waals surface area contributed by atoms with Crippen molar-refractivity contribution in [2.45, 2.75) is 26.2 Å². The van der Waals surface area contributed by atoms with Crippen molar-refractivity contribution < 1.29 is 14.2 Å². The quantitative estimate of drug-likeness (QED) is 0.624. The van der Waals surface area contributed by atoms with Crippen LogP contribution in [0.3, 0.4) is 0 Å². The van der Waals surface area contributed by atoms with E-state index in [1.165, 1.54) is 6.07 Å². The average Bonchev–Trinajstić information content (AvgIpc) is 2.57. The maximum atomic E-state index is 14.6. The number of rotatable bonds is 7. The third-order valence-corrected chi connectivity index (χ3v) is 4.84. The van der Waals surface area contributed by atoms with E-state index in [-0.39, 0.29) is 22.4 Å². The Bertz CT molecular complexity index is 779. The standard InChI is InChI=1S/C20H24Cl2FNO2/c1-12(2)14-9-13(5-6-17(14)25)10-15-16(21)11-18(20(23)19(15)22)26-8-7-24(3)4/h5-6,9,11-12,25H,7-8,10H2,1-4H3. The Morgan fingerprint density at radius 1 is 1.19 bits per heavy atom. The summed E-state index contributed by atoms with van der Waals surface area (Å²) >= 11 is 12.6. The molecule has 0 amide bonds. The fourth-order valence-electron chi connectivity index (χ4n) is 2.60. The van der Waals surface area contributed by atoms with E-state index >= 15 is 0 Å². The lowest BCUT2D eigenvalue weighted by atomic mass is 9.96. The maximum Gasteiger partial charge on any atom is 0.184 e. The Kier molecular flexibility index (Phi) is 7.16. The minimum Gasteiger partial charge on any atom is -0.508 e. The van der Waals surface area contributed by atoms with Gasteiger partial charge in [-0.2, -0.15) is 0 Å². The highest BCUT2D eigenvalue weighted by atomic mass is 35.5. The summed E-state index contributed by atoms with van der Waals surface area (Å²) in [6, 6.07) is 6.79. The van der Waals surface area contributed by atoms with Crippen molar-refractivity contribution in [3.8, 4) is 11.5 Å². The fourth-order valence-corrected chi connectivity index (χ4v) is 3.17. The molecule has 2 rings (SSSR count). The lowest BCUT2D eigenvalue weighted by molar-refractivity contribution is 0.252. The van der Waals surface area contributed by atoms with E-state index < -0.39 is 5.82 Å². The van der Waals surface area contributed by atoms with Gasteiger partial charge in [0.1, 0.15) is 12.4 Å². The van der Waals surface area contributed by atoms with Crippen LogP contribution in [0.4, 0.5) is 4.39 Å². The Balaban J connectivity index is 2.28. The van der Waals surface area contributed by atoms with Crippen LogP contribution in [0.15, 0.2) is 24.3 Å². The number of hydrogen-bond donors (Lipinski definition) is 1. The number of phenolic OH excluding ortho intramolecular Hbond substituents is 1. The van der Waals surface area contributed by atoms with Crippen molar-refractivity contribution in [2.24, 2.45) is 0 Å². The van der Waals surface area contributed by atoms with Crippen LogP contribution in [0, 0.1) is 5.82 Å². The Morgan fingerprint density at radius 3 is 2.50 bits per heavy atom. The first-order chi connectivity index (χ1) is 12.2. The summed E-state index contributed by atoms with van der Waals surface area (Å²) in [4.78, 5) is 1.94. The van der Waals surface area contributed by atoms with Gasteiger partial charge in [-0.25, -0.2) is 4.39 Å². The molecule has 1 N–H and O–H groups in total. The zero-order chi connectivity index (χ0) is 19.4. The third-order valence-electron chi connectivity index (χ3n) is 4.11. The Morgan fingerprint density at radius 2 is 1.88 bits per heavy atom. The smallest absolute Gasteiger partial charge is 0.184 e. The van der Waals surface area contributed by atoms with Crippen molar-refractivity contribution in [1.29, 1.82) is 0 Å². The second kappa shape index (κ2) is 8.94. The van der Waals surface area contributed by atoms with E-state index in [1.54, 1.807) is 12.1 Å². The minimum atomic E-state index is -0.604. The zero-order valence-electron chi connectivity index (χ0n) is 15.4. The number of halogens is 3. The van der Waals surface area contributed by atoms with Crippen molar-refractivity contribution in [3.05, 3.63) is 56.8 Å². The highest BCUT2D eigenvalue weighted by Crippen LogP contribution is 2.36. The van der Waals surface area contributed by atoms with Gasteiger partial charge in [-0.3, -0.25) is 0 Å². The molecule has 0 radical (unpaired) electrons. The number of hydrogen-bond acceptors (Lipinski definition) is 3. The molecule has 6 heteroatoms. The number of likely N-dealkylation sites (N-methyl/N-ethyl adjacent to an activating group) is 1. The second-order valence-electron chi connectivity index (χ2n) is 6.84. The molecule has 0 bridgehead atoms. The van der Waals surface area contributed by atoms with Crippen LogP contribution in [-0.4, -0.2) is 37.3 Å². The van der Waals surface area contributed by atoms with Crippen LogP contribution in [-0.2, 0) is 6.42 Å². The molecule has 0 heterocycles. The summed E-state index contributed by atoms with van der Waals surface area (Å²) in [6.45, 7) is 4.99. The first-order valence-electron chi connectivity index (χ1n) is 8.46. The lowest BCUT2D eigenvalue weighted by Crippen LogP contribution is -2.19. The van der Waals surface area contributed by atoms with Crippen molar-refractivity contribution in [1.82, 2.24) is 4.90 Å². The van der Waals surface area contributed by atoms with Gasteiger partial charge in [0.05, 0.1) is 5.02 Å². The van der Waals surface area contributed by atoms with Gasteiger partial charge in [-0.15, -0.1) is 0 Å². The largest absolute Gasteiger partial charge is 0.508 e. The number of ether oxygens (including phenoxy) is 1. The Hall–Kier alpha value is -1.49. The summed E-state index contributed by atoms with van der Waals surface area (Å²) in [5.41, 5.74) is 2.24. The molecule has 2 aromatic carbocycles. The van der Waals surface area contributed by atoms with Gasteiger partial charge < -0.3 is 14.7 Å². The summed E-state index contributed by atoms with van der Waals surface area (Å²) in [7, 11) is 3.82. The molecule has 0 saturated heterocycles. The van der Waals surface area contributed by atoms with Crippen molar-refractivity contribution in [3.63, 3.8) is 0 Å². The highest BCUT2D eigenvalue weighted by Gasteiger charge is 2.18. The van der Waals surface area contributed by atoms with Gasteiger partial charge in [0.15, 0.2) is 11.6 Å². The van der Waals surface area contributed by atoms with Gasteiger partial charge in [-0.1, -0.05) is 49.2 Å². The molecule has 0 aliphatic carbocycles. The minimum absolute atomic E-state index is 0.0310. The molecule has 0 aromatic heterocycles. The molecule has 3 nitrogen and oxygen atoms in total. The molecular formula is C20H24Cl2FNO2.